The third kappa shape index (κ3) is 2.34. The van der Waals surface area contributed by atoms with Gasteiger partial charge in [-0.25, -0.2) is 9.98 Å². The molecular weight excluding hydrogens is 397 g/mol. The van der Waals surface area contributed by atoms with Gasteiger partial charge in [-0.15, -0.1) is 0 Å². The Balaban J connectivity index is 1.66. The Morgan fingerprint density at radius 3 is 2.48 bits per heavy atom. The van der Waals surface area contributed by atoms with Crippen molar-refractivity contribution < 1.29 is 33.0 Å². The smallest absolute Gasteiger partial charge is 0.404 e. The number of carbonyl (C=O) groups is 1. The van der Waals surface area contributed by atoms with Gasteiger partial charge in [0.25, 0.3) is 0 Å². The van der Waals surface area contributed by atoms with Gasteiger partial charge in [-0.05, 0) is 12.8 Å². The lowest BCUT2D eigenvalue weighted by Crippen LogP contribution is -2.71. The van der Waals surface area contributed by atoms with Crippen molar-refractivity contribution in [3.8, 4) is 0 Å². The average molecular weight is 420 g/mol. The monoisotopic (exact) mass is 420 g/mol. The van der Waals surface area contributed by atoms with Gasteiger partial charge in [0.15, 0.2) is 17.0 Å². The van der Waals surface area contributed by atoms with Crippen LogP contribution in [0.3, 0.4) is 0 Å². The predicted molar refractivity (Wildman–Crippen MR) is 92.4 cm³/mol. The van der Waals surface area contributed by atoms with E-state index in [4.69, 9.17) is 16.2 Å². The predicted octanol–water partition coefficient (Wildman–Crippen LogP) is -0.644. The first-order valence-corrected chi connectivity index (χ1v) is 9.32. The van der Waals surface area contributed by atoms with Crippen LogP contribution in [0.25, 0.3) is 0 Å². The molecule has 5 unspecified atom stereocenters. The molecule has 0 aromatic rings. The maximum Gasteiger partial charge on any atom is 0.404 e. The third-order valence-electron chi connectivity index (χ3n) is 6.81. The largest absolute Gasteiger partial charge is 0.459 e. The molecule has 1 spiro atoms. The van der Waals surface area contributed by atoms with Crippen LogP contribution in [0.5, 0.6) is 0 Å². The number of nitrogens with zero attached hydrogens (tertiary/aromatic N) is 4. The lowest BCUT2D eigenvalue weighted by molar-refractivity contribution is -0.258. The number of rotatable bonds is 3. The number of guanidine groups is 2. The highest BCUT2D eigenvalue weighted by Gasteiger charge is 2.70. The second-order valence-electron chi connectivity index (χ2n) is 8.04. The molecule has 162 valence electrons. The van der Waals surface area contributed by atoms with E-state index in [0.29, 0.717) is 11.5 Å². The third-order valence-corrected chi connectivity index (χ3v) is 6.81. The number of halogens is 3. The van der Waals surface area contributed by atoms with E-state index in [2.05, 4.69) is 9.98 Å². The topological polar surface area (TPSA) is 150 Å². The van der Waals surface area contributed by atoms with E-state index in [1.807, 2.05) is 0 Å². The SMILES string of the molecule is CC1C(OC(=O)C2(C(F)(F)F)CCC2)CN2C(N)=NC(CO)C3N=C(N)N(O)C132. The first-order valence-electron chi connectivity index (χ1n) is 9.32. The van der Waals surface area contributed by atoms with Gasteiger partial charge in [-0.1, -0.05) is 13.3 Å². The quantitative estimate of drug-likeness (QED) is 0.440. The van der Waals surface area contributed by atoms with E-state index >= 15 is 0 Å². The molecule has 13 heteroatoms. The summed E-state index contributed by atoms with van der Waals surface area (Å²) >= 11 is 0. The van der Waals surface area contributed by atoms with E-state index in [-0.39, 0.29) is 31.3 Å². The minimum Gasteiger partial charge on any atom is -0.459 e. The zero-order valence-electron chi connectivity index (χ0n) is 15.6. The summed E-state index contributed by atoms with van der Waals surface area (Å²) in [5.74, 6) is -2.36. The van der Waals surface area contributed by atoms with Crippen LogP contribution >= 0.6 is 0 Å². The number of hydroxylamine groups is 2. The molecule has 4 rings (SSSR count). The number of aliphatic hydroxyl groups is 1. The lowest BCUT2D eigenvalue weighted by Gasteiger charge is -2.49. The number of hydrogen-bond acceptors (Lipinski definition) is 10. The molecule has 3 aliphatic heterocycles. The van der Waals surface area contributed by atoms with Crippen molar-refractivity contribution in [2.24, 2.45) is 32.8 Å². The molecular formula is C16H23F3N6O4. The standard InChI is InChI=1S/C16H23F3N6O4/c1-7-9(29-11(27)14(3-2-4-14)16(17,18)19)5-24-12(20)22-8(6-26)10-15(7,24)25(28)13(21)23-10/h7-10,26,28H,2-6H2,1H3,(H2,20,22)(H2,21,23). The maximum atomic E-state index is 13.5. The number of carbonyl (C=O) groups excluding carboxylic acids is 1. The highest BCUT2D eigenvalue weighted by atomic mass is 19.4. The van der Waals surface area contributed by atoms with Gasteiger partial charge in [-0.2, -0.15) is 18.2 Å². The fourth-order valence-corrected chi connectivity index (χ4v) is 4.96. The Morgan fingerprint density at radius 1 is 1.31 bits per heavy atom. The molecule has 2 fully saturated rings. The summed E-state index contributed by atoms with van der Waals surface area (Å²) in [6, 6.07) is -1.66. The van der Waals surface area contributed by atoms with Crippen molar-refractivity contribution in [3.05, 3.63) is 0 Å². The highest BCUT2D eigenvalue weighted by molar-refractivity contribution is 5.86. The molecule has 0 radical (unpaired) electrons. The van der Waals surface area contributed by atoms with Crippen molar-refractivity contribution in [2.45, 2.75) is 56.2 Å². The molecule has 3 heterocycles. The zero-order valence-corrected chi connectivity index (χ0v) is 15.6. The van der Waals surface area contributed by atoms with Gasteiger partial charge in [0.05, 0.1) is 13.2 Å². The average Bonchev–Trinajstić information content (AvgIpc) is 3.02. The van der Waals surface area contributed by atoms with E-state index in [9.17, 15) is 28.3 Å². The van der Waals surface area contributed by atoms with E-state index in [0.717, 1.165) is 0 Å². The number of hydrogen-bond donors (Lipinski definition) is 4. The van der Waals surface area contributed by atoms with Crippen LogP contribution in [-0.4, -0.2) is 81.3 Å². The van der Waals surface area contributed by atoms with Gasteiger partial charge in [-0.3, -0.25) is 10.0 Å². The van der Waals surface area contributed by atoms with Crippen LogP contribution < -0.4 is 11.5 Å². The lowest BCUT2D eigenvalue weighted by atomic mass is 9.68. The Kier molecular flexibility index (Phi) is 4.22. The Morgan fingerprint density at radius 2 is 1.97 bits per heavy atom. The van der Waals surface area contributed by atoms with E-state index in [1.54, 1.807) is 6.92 Å². The van der Waals surface area contributed by atoms with Crippen molar-refractivity contribution in [2.75, 3.05) is 13.2 Å². The van der Waals surface area contributed by atoms with Crippen molar-refractivity contribution in [1.82, 2.24) is 9.96 Å². The zero-order chi connectivity index (χ0) is 21.4. The van der Waals surface area contributed by atoms with Crippen LogP contribution in [0.2, 0.25) is 0 Å². The number of nitrogens with two attached hydrogens (primary N) is 2. The van der Waals surface area contributed by atoms with Crippen LogP contribution in [0, 0.1) is 11.3 Å². The van der Waals surface area contributed by atoms with Crippen LogP contribution in [-0.2, 0) is 9.53 Å². The number of alkyl halides is 3. The summed E-state index contributed by atoms with van der Waals surface area (Å²) in [5, 5.41) is 21.0. The summed E-state index contributed by atoms with van der Waals surface area (Å²) in [4.78, 5) is 22.3. The highest BCUT2D eigenvalue weighted by Crippen LogP contribution is 2.55. The van der Waals surface area contributed by atoms with Crippen LogP contribution in [0.15, 0.2) is 9.98 Å². The summed E-state index contributed by atoms with van der Waals surface area (Å²) in [6.45, 7) is 1.08. The summed E-state index contributed by atoms with van der Waals surface area (Å²) < 4.78 is 45.8. The molecule has 1 saturated heterocycles. The minimum absolute atomic E-state index is 0.0520. The van der Waals surface area contributed by atoms with Gasteiger partial charge in [0.2, 0.25) is 5.96 Å². The maximum absolute atomic E-state index is 13.5. The molecule has 6 N–H and O–H groups in total. The first-order chi connectivity index (χ1) is 13.5. The fraction of sp³-hybridized carbons (Fsp3) is 0.812. The van der Waals surface area contributed by atoms with Crippen LogP contribution in [0.4, 0.5) is 13.2 Å². The van der Waals surface area contributed by atoms with Gasteiger partial charge in [0.1, 0.15) is 18.2 Å². The first kappa shape index (κ1) is 20.0. The van der Waals surface area contributed by atoms with Gasteiger partial charge < -0.3 is 26.2 Å². The Bertz CT molecular complexity index is 785. The van der Waals surface area contributed by atoms with Crippen molar-refractivity contribution >= 4 is 17.9 Å². The van der Waals surface area contributed by atoms with Crippen molar-refractivity contribution in [1.29, 1.82) is 0 Å². The molecule has 4 aliphatic rings. The Hall–Kier alpha value is -2.28. The fourth-order valence-electron chi connectivity index (χ4n) is 4.96. The normalized spacial score (nSPS) is 38.0. The number of esters is 1. The number of aliphatic hydroxyl groups excluding tert-OH is 1. The number of aliphatic imine (C=N–C) groups is 2. The summed E-state index contributed by atoms with van der Waals surface area (Å²) in [7, 11) is 0. The molecule has 10 nitrogen and oxygen atoms in total. The molecule has 0 aromatic carbocycles. The second-order valence-corrected chi connectivity index (χ2v) is 8.04. The molecule has 0 bridgehead atoms. The van der Waals surface area contributed by atoms with Crippen LogP contribution in [0.1, 0.15) is 26.2 Å². The van der Waals surface area contributed by atoms with Crippen molar-refractivity contribution in [3.63, 3.8) is 0 Å². The van der Waals surface area contributed by atoms with E-state index in [1.165, 1.54) is 4.90 Å². The minimum atomic E-state index is -4.70. The molecule has 1 saturated carbocycles. The van der Waals surface area contributed by atoms with Gasteiger partial charge in [0, 0.05) is 5.92 Å². The second kappa shape index (κ2) is 6.11. The Labute approximate surface area is 163 Å². The summed E-state index contributed by atoms with van der Waals surface area (Å²) in [5.41, 5.74) is 7.88. The molecule has 0 amide bonds. The summed E-state index contributed by atoms with van der Waals surface area (Å²) in [6.07, 6.45) is -6.06. The molecule has 29 heavy (non-hydrogen) atoms. The number of ether oxygens (including phenoxy) is 1. The van der Waals surface area contributed by atoms with Gasteiger partial charge >= 0.3 is 12.1 Å². The molecule has 5 atom stereocenters. The van der Waals surface area contributed by atoms with E-state index < -0.39 is 53.9 Å². The molecule has 1 aliphatic carbocycles. The molecule has 0 aromatic heterocycles.